The minimum absolute atomic E-state index is 0.310. The highest BCUT2D eigenvalue weighted by atomic mass is 16.3. The van der Waals surface area contributed by atoms with Gasteiger partial charge in [-0.1, -0.05) is 6.07 Å². The Hall–Kier alpha value is -1.99. The van der Waals surface area contributed by atoms with Crippen LogP contribution in [0.25, 0.3) is 0 Å². The molecule has 7 nitrogen and oxygen atoms in total. The van der Waals surface area contributed by atoms with Crippen LogP contribution in [0.5, 0.6) is 17.2 Å². The maximum absolute atomic E-state index is 9.47. The van der Waals surface area contributed by atoms with Gasteiger partial charge in [0.05, 0.1) is 0 Å². The summed E-state index contributed by atoms with van der Waals surface area (Å²) < 4.78 is 0. The fourth-order valence-electron chi connectivity index (χ4n) is 0.572. The van der Waals surface area contributed by atoms with Crippen molar-refractivity contribution in [3.63, 3.8) is 0 Å². The lowest BCUT2D eigenvalue weighted by Gasteiger charge is -2.03. The van der Waals surface area contributed by atoms with Gasteiger partial charge < -0.3 is 15.3 Å². The first-order chi connectivity index (χ1) is 7.02. The number of nitrogens with one attached hydrogen (secondary N) is 1. The minimum atomic E-state index is -0.475. The largest absolute Gasteiger partial charge is 0.504 e. The van der Waals surface area contributed by atoms with Gasteiger partial charge in [0, 0.05) is 7.05 Å². The molecule has 0 saturated heterocycles. The molecule has 6 N–H and O–H groups in total. The van der Waals surface area contributed by atoms with Crippen LogP contribution < -0.4 is 11.3 Å². The smallest absolute Gasteiger partial charge is 0.238 e. The third-order valence-electron chi connectivity index (χ3n) is 1.37. The van der Waals surface area contributed by atoms with Crippen LogP contribution in [0.15, 0.2) is 18.2 Å². The van der Waals surface area contributed by atoms with E-state index in [0.717, 1.165) is 5.12 Å². The molecule has 0 fully saturated rings. The molecular formula is C8H13N3O4. The van der Waals surface area contributed by atoms with E-state index >= 15 is 0 Å². The molecule has 0 bridgehead atoms. The van der Waals surface area contributed by atoms with E-state index in [4.69, 9.17) is 21.2 Å². The minimum Gasteiger partial charge on any atom is -0.504 e. The fourth-order valence-corrected chi connectivity index (χ4v) is 0.572. The number of hydrogen-bond donors (Lipinski definition) is 5. The number of carbonyl (C=O) groups excluding carboxylic acids is 1. The van der Waals surface area contributed by atoms with E-state index in [1.807, 2.05) is 0 Å². The van der Waals surface area contributed by atoms with Gasteiger partial charge in [-0.05, 0) is 12.1 Å². The van der Waals surface area contributed by atoms with Gasteiger partial charge in [0.2, 0.25) is 6.41 Å². The molecule has 0 aliphatic rings. The summed E-state index contributed by atoms with van der Waals surface area (Å²) >= 11 is 0. The molecule has 0 heterocycles. The van der Waals surface area contributed by atoms with Crippen LogP contribution in [-0.2, 0) is 4.79 Å². The number of amides is 1. The van der Waals surface area contributed by atoms with Gasteiger partial charge in [-0.15, -0.1) is 0 Å². The summed E-state index contributed by atoms with van der Waals surface area (Å²) in [7, 11) is 1.55. The van der Waals surface area contributed by atoms with Crippen LogP contribution >= 0.6 is 0 Å². The maximum atomic E-state index is 9.47. The quantitative estimate of drug-likeness (QED) is 0.146. The zero-order valence-corrected chi connectivity index (χ0v) is 8.08. The van der Waals surface area contributed by atoms with Gasteiger partial charge in [0.15, 0.2) is 17.2 Å². The summed E-state index contributed by atoms with van der Waals surface area (Å²) in [6.45, 7) is 0. The second-order valence-electron chi connectivity index (χ2n) is 2.38. The molecule has 0 aliphatic carbocycles. The number of phenolic OH excluding ortho intramolecular Hbond substituents is 3. The van der Waals surface area contributed by atoms with Crippen molar-refractivity contribution < 1.29 is 20.1 Å². The Balaban J connectivity index is 0.000000288. The first-order valence-corrected chi connectivity index (χ1v) is 3.89. The van der Waals surface area contributed by atoms with Crippen LogP contribution in [0.3, 0.4) is 0 Å². The molecule has 1 aromatic carbocycles. The van der Waals surface area contributed by atoms with Crippen LogP contribution in [-0.4, -0.2) is 33.9 Å². The van der Waals surface area contributed by atoms with Gasteiger partial charge >= 0.3 is 0 Å². The first-order valence-electron chi connectivity index (χ1n) is 3.89. The number of nitrogens with two attached hydrogens (primary N) is 1. The first kappa shape index (κ1) is 13.0. The molecule has 1 rings (SSSR count). The highest BCUT2D eigenvalue weighted by Crippen LogP contribution is 2.32. The van der Waals surface area contributed by atoms with Crippen LogP contribution in [0.4, 0.5) is 0 Å². The Morgan fingerprint density at radius 2 is 1.80 bits per heavy atom. The molecule has 7 heteroatoms. The highest BCUT2D eigenvalue weighted by molar-refractivity contribution is 5.47. The van der Waals surface area contributed by atoms with E-state index in [9.17, 15) is 4.79 Å². The summed E-state index contributed by atoms with van der Waals surface area (Å²) in [6.07, 6.45) is 0.472. The van der Waals surface area contributed by atoms with E-state index in [1.54, 1.807) is 7.05 Å². The number of rotatable bonds is 2. The second-order valence-corrected chi connectivity index (χ2v) is 2.38. The number of para-hydroxylation sites is 1. The second kappa shape index (κ2) is 6.46. The molecule has 1 aromatic rings. The average Bonchev–Trinajstić information content (AvgIpc) is 2.25. The Kier molecular flexibility index (Phi) is 5.60. The summed E-state index contributed by atoms with van der Waals surface area (Å²) in [5.41, 5.74) is 2.36. The highest BCUT2D eigenvalue weighted by Gasteiger charge is 2.00. The number of carbonyl (C=O) groups is 1. The lowest BCUT2D eigenvalue weighted by molar-refractivity contribution is -0.120. The van der Waals surface area contributed by atoms with Gasteiger partial charge in [-0.25, -0.2) is 16.4 Å². The van der Waals surface area contributed by atoms with Gasteiger partial charge in [-0.2, -0.15) is 0 Å². The monoisotopic (exact) mass is 215 g/mol. The standard InChI is InChI=1S/C6H6O3.C2H7N3O/c7-4-2-1-3-5(8)6(4)9;1-4-5(3)2-6/h1-3,7-9H;2,4H,3H2,1H3. The van der Waals surface area contributed by atoms with E-state index in [0.29, 0.717) is 6.41 Å². The van der Waals surface area contributed by atoms with Crippen molar-refractivity contribution in [1.82, 2.24) is 10.5 Å². The summed E-state index contributed by atoms with van der Waals surface area (Å²) in [4.78, 5) is 9.47. The van der Waals surface area contributed by atoms with Gasteiger partial charge in [0.1, 0.15) is 0 Å². The molecule has 84 valence electrons. The van der Waals surface area contributed by atoms with Gasteiger partial charge in [-0.3, -0.25) is 4.79 Å². The predicted octanol–water partition coefficient (Wildman–Crippen LogP) is -0.744. The summed E-state index contributed by atoms with van der Waals surface area (Å²) in [6, 6.07) is 4.01. The van der Waals surface area contributed by atoms with Gasteiger partial charge in [0.25, 0.3) is 0 Å². The number of phenols is 3. The predicted molar refractivity (Wildman–Crippen MR) is 52.6 cm³/mol. The van der Waals surface area contributed by atoms with E-state index in [2.05, 4.69) is 5.43 Å². The third-order valence-corrected chi connectivity index (χ3v) is 1.37. The van der Waals surface area contributed by atoms with E-state index in [-0.39, 0.29) is 11.5 Å². The molecule has 0 atom stereocenters. The normalized spacial score (nSPS) is 8.67. The lowest BCUT2D eigenvalue weighted by Crippen LogP contribution is -2.39. The molecule has 1 amide bonds. The Labute approximate surface area is 86.3 Å². The lowest BCUT2D eigenvalue weighted by atomic mass is 10.3. The van der Waals surface area contributed by atoms with Crippen molar-refractivity contribution in [1.29, 1.82) is 0 Å². The van der Waals surface area contributed by atoms with E-state index < -0.39 is 5.75 Å². The molecular weight excluding hydrogens is 202 g/mol. The zero-order chi connectivity index (χ0) is 11.8. The zero-order valence-electron chi connectivity index (χ0n) is 8.08. The maximum Gasteiger partial charge on any atom is 0.238 e. The van der Waals surface area contributed by atoms with E-state index in [1.165, 1.54) is 18.2 Å². The topological polar surface area (TPSA) is 119 Å². The van der Waals surface area contributed by atoms with Crippen LogP contribution in [0.2, 0.25) is 0 Å². The van der Waals surface area contributed by atoms with Crippen molar-refractivity contribution in [2.24, 2.45) is 5.84 Å². The fraction of sp³-hybridized carbons (Fsp3) is 0.125. The van der Waals surface area contributed by atoms with Crippen molar-refractivity contribution >= 4 is 6.41 Å². The summed E-state index contributed by atoms with van der Waals surface area (Å²) in [5.74, 6) is 3.73. The molecule has 0 radical (unpaired) electrons. The number of nitrogens with zero attached hydrogens (tertiary/aromatic N) is 1. The number of hydrazine groups is 2. The number of hydrogen-bond acceptors (Lipinski definition) is 6. The SMILES string of the molecule is CNN(N)C=O.Oc1cccc(O)c1O. The van der Waals surface area contributed by atoms with Crippen LogP contribution in [0, 0.1) is 0 Å². The average molecular weight is 215 g/mol. The van der Waals surface area contributed by atoms with Crippen molar-refractivity contribution in [2.45, 2.75) is 0 Å². The molecule has 15 heavy (non-hydrogen) atoms. The molecule has 0 spiro atoms. The molecule has 0 saturated carbocycles. The molecule has 0 unspecified atom stereocenters. The van der Waals surface area contributed by atoms with Crippen molar-refractivity contribution in [3.05, 3.63) is 18.2 Å². The summed E-state index contributed by atoms with van der Waals surface area (Å²) in [5, 5.41) is 26.9. The Bertz CT molecular complexity index is 299. The number of aromatic hydroxyl groups is 3. The molecule has 0 aromatic heterocycles. The Morgan fingerprint density at radius 1 is 1.33 bits per heavy atom. The third kappa shape index (κ3) is 4.69. The van der Waals surface area contributed by atoms with Crippen molar-refractivity contribution in [3.8, 4) is 17.2 Å². The van der Waals surface area contributed by atoms with Crippen LogP contribution in [0.1, 0.15) is 0 Å². The van der Waals surface area contributed by atoms with Crippen molar-refractivity contribution in [2.75, 3.05) is 7.05 Å². The Morgan fingerprint density at radius 3 is 2.00 bits per heavy atom. The number of benzene rings is 1. The molecule has 0 aliphatic heterocycles.